The normalized spacial score (nSPS) is 15.3. The van der Waals surface area contributed by atoms with Crippen LogP contribution < -0.4 is 15.0 Å². The molecule has 5 heteroatoms. The topological polar surface area (TPSA) is 58.6 Å². The number of anilines is 1. The number of fused-ring (bicyclic) bond motifs is 1. The van der Waals surface area contributed by atoms with Crippen LogP contribution in [0.2, 0.25) is 0 Å². The molecule has 1 aliphatic rings. The molecular formula is C19H20N2O3. The van der Waals surface area contributed by atoms with Gasteiger partial charge >= 0.3 is 0 Å². The van der Waals surface area contributed by atoms with Crippen molar-refractivity contribution in [1.82, 2.24) is 5.32 Å². The predicted octanol–water partition coefficient (Wildman–Crippen LogP) is 2.33. The van der Waals surface area contributed by atoms with Crippen LogP contribution >= 0.6 is 0 Å². The molecular weight excluding hydrogens is 304 g/mol. The molecule has 0 bridgehead atoms. The van der Waals surface area contributed by atoms with Gasteiger partial charge in [-0.3, -0.25) is 9.59 Å². The number of para-hydroxylation sites is 2. The third-order valence-corrected chi connectivity index (χ3v) is 4.17. The van der Waals surface area contributed by atoms with E-state index in [0.717, 1.165) is 17.0 Å². The second-order valence-corrected chi connectivity index (χ2v) is 5.73. The Morgan fingerprint density at radius 1 is 1.12 bits per heavy atom. The Hall–Kier alpha value is -2.82. The van der Waals surface area contributed by atoms with Crippen molar-refractivity contribution in [2.45, 2.75) is 12.3 Å². The molecule has 2 aromatic carbocycles. The van der Waals surface area contributed by atoms with Gasteiger partial charge in [-0.25, -0.2) is 0 Å². The molecule has 5 nitrogen and oxygen atoms in total. The number of amides is 2. The van der Waals surface area contributed by atoms with Gasteiger partial charge in [0.1, 0.15) is 18.3 Å². The lowest BCUT2D eigenvalue weighted by atomic mass is 10.0. The van der Waals surface area contributed by atoms with Crippen molar-refractivity contribution in [3.05, 3.63) is 60.2 Å². The maximum absolute atomic E-state index is 12.3. The van der Waals surface area contributed by atoms with Gasteiger partial charge in [-0.2, -0.15) is 0 Å². The third kappa shape index (κ3) is 3.40. The number of hydrogen-bond donors (Lipinski definition) is 1. The van der Waals surface area contributed by atoms with E-state index in [0.29, 0.717) is 13.2 Å². The summed E-state index contributed by atoms with van der Waals surface area (Å²) in [6.07, 6.45) is 0.256. The molecule has 0 aliphatic carbocycles. The van der Waals surface area contributed by atoms with E-state index in [4.69, 9.17) is 4.74 Å². The van der Waals surface area contributed by atoms with E-state index in [1.807, 2.05) is 54.6 Å². The average Bonchev–Trinajstić information content (AvgIpc) is 3.06. The minimum Gasteiger partial charge on any atom is -0.492 e. The molecule has 2 aromatic rings. The molecule has 1 aliphatic heterocycles. The van der Waals surface area contributed by atoms with E-state index in [2.05, 4.69) is 5.32 Å². The molecule has 1 atom stereocenters. The highest BCUT2D eigenvalue weighted by atomic mass is 16.5. The summed E-state index contributed by atoms with van der Waals surface area (Å²) in [6.45, 7) is 0.663. The lowest BCUT2D eigenvalue weighted by molar-refractivity contribution is -0.123. The first-order chi connectivity index (χ1) is 11.7. The minimum atomic E-state index is -0.303. The summed E-state index contributed by atoms with van der Waals surface area (Å²) >= 11 is 0. The van der Waals surface area contributed by atoms with Crippen molar-refractivity contribution < 1.29 is 14.3 Å². The summed E-state index contributed by atoms with van der Waals surface area (Å²) in [7, 11) is 1.74. The summed E-state index contributed by atoms with van der Waals surface area (Å²) in [6, 6.07) is 17.0. The second-order valence-electron chi connectivity index (χ2n) is 5.73. The van der Waals surface area contributed by atoms with Crippen LogP contribution in [0, 0.1) is 0 Å². The molecule has 0 saturated heterocycles. The van der Waals surface area contributed by atoms with Crippen LogP contribution in [0.4, 0.5) is 5.69 Å². The van der Waals surface area contributed by atoms with Gasteiger partial charge in [0.25, 0.3) is 0 Å². The van der Waals surface area contributed by atoms with E-state index in [9.17, 15) is 9.59 Å². The molecule has 3 rings (SSSR count). The van der Waals surface area contributed by atoms with Crippen LogP contribution in [0.15, 0.2) is 54.6 Å². The van der Waals surface area contributed by atoms with Gasteiger partial charge in [-0.15, -0.1) is 0 Å². The largest absolute Gasteiger partial charge is 0.492 e. The molecule has 1 heterocycles. The van der Waals surface area contributed by atoms with Gasteiger partial charge in [0.2, 0.25) is 11.8 Å². The number of ether oxygens (including phenoxy) is 1. The van der Waals surface area contributed by atoms with Gasteiger partial charge in [-0.1, -0.05) is 36.4 Å². The zero-order valence-corrected chi connectivity index (χ0v) is 13.6. The highest BCUT2D eigenvalue weighted by molar-refractivity contribution is 5.93. The Morgan fingerprint density at radius 2 is 1.83 bits per heavy atom. The van der Waals surface area contributed by atoms with Crippen LogP contribution in [-0.4, -0.2) is 32.0 Å². The van der Waals surface area contributed by atoms with Gasteiger partial charge in [-0.05, 0) is 18.2 Å². The van der Waals surface area contributed by atoms with Crippen LogP contribution in [0.25, 0.3) is 0 Å². The molecule has 0 aromatic heterocycles. The summed E-state index contributed by atoms with van der Waals surface area (Å²) in [5, 5.41) is 2.84. The van der Waals surface area contributed by atoms with Crippen LogP contribution in [0.3, 0.4) is 0 Å². The molecule has 1 unspecified atom stereocenters. The van der Waals surface area contributed by atoms with E-state index in [1.54, 1.807) is 11.9 Å². The number of carbonyl (C=O) groups is 2. The molecule has 124 valence electrons. The Bertz CT molecular complexity index is 730. The molecule has 24 heavy (non-hydrogen) atoms. The summed E-state index contributed by atoms with van der Waals surface area (Å²) in [4.78, 5) is 26.1. The van der Waals surface area contributed by atoms with E-state index in [1.165, 1.54) is 0 Å². The van der Waals surface area contributed by atoms with Gasteiger partial charge in [0, 0.05) is 31.3 Å². The van der Waals surface area contributed by atoms with Crippen molar-refractivity contribution >= 4 is 17.5 Å². The number of benzene rings is 2. The summed E-state index contributed by atoms with van der Waals surface area (Å²) < 4.78 is 5.52. The minimum absolute atomic E-state index is 0.0374. The molecule has 0 spiro atoms. The van der Waals surface area contributed by atoms with Crippen LogP contribution in [0.5, 0.6) is 5.75 Å². The standard InChI is InChI=1S/C19H20N2O3/c1-21(14-7-3-2-4-8-14)18(22)11-12-20-19(23)16-13-24-17-10-6-5-9-15(16)17/h2-10,16H,11-13H2,1H3,(H,20,23). The highest BCUT2D eigenvalue weighted by Gasteiger charge is 2.29. The molecule has 0 fully saturated rings. The van der Waals surface area contributed by atoms with Crippen LogP contribution in [0.1, 0.15) is 17.9 Å². The fraction of sp³-hybridized carbons (Fsp3) is 0.263. The van der Waals surface area contributed by atoms with Crippen molar-refractivity contribution in [3.8, 4) is 5.75 Å². The Kier molecular flexibility index (Phi) is 4.79. The average molecular weight is 324 g/mol. The van der Waals surface area contributed by atoms with E-state index < -0.39 is 0 Å². The van der Waals surface area contributed by atoms with Crippen molar-refractivity contribution in [3.63, 3.8) is 0 Å². The fourth-order valence-electron chi connectivity index (χ4n) is 2.76. The zero-order chi connectivity index (χ0) is 16.9. The Morgan fingerprint density at radius 3 is 2.62 bits per heavy atom. The third-order valence-electron chi connectivity index (χ3n) is 4.17. The molecule has 0 radical (unpaired) electrons. The highest BCUT2D eigenvalue weighted by Crippen LogP contribution is 2.33. The predicted molar refractivity (Wildman–Crippen MR) is 92.2 cm³/mol. The quantitative estimate of drug-likeness (QED) is 0.918. The van der Waals surface area contributed by atoms with E-state index >= 15 is 0 Å². The maximum atomic E-state index is 12.3. The molecule has 1 N–H and O–H groups in total. The first kappa shape index (κ1) is 16.1. The Balaban J connectivity index is 1.50. The lowest BCUT2D eigenvalue weighted by Gasteiger charge is -2.17. The number of nitrogens with zero attached hydrogens (tertiary/aromatic N) is 1. The number of nitrogens with one attached hydrogen (secondary N) is 1. The first-order valence-electron chi connectivity index (χ1n) is 7.98. The monoisotopic (exact) mass is 324 g/mol. The number of hydrogen-bond acceptors (Lipinski definition) is 3. The maximum Gasteiger partial charge on any atom is 0.231 e. The van der Waals surface area contributed by atoms with Crippen molar-refractivity contribution in [1.29, 1.82) is 0 Å². The fourth-order valence-corrected chi connectivity index (χ4v) is 2.76. The molecule has 2 amide bonds. The SMILES string of the molecule is CN(C(=O)CCNC(=O)C1COc2ccccc21)c1ccccc1. The Labute approximate surface area is 141 Å². The number of carbonyl (C=O) groups excluding carboxylic acids is 2. The van der Waals surface area contributed by atoms with Crippen LogP contribution in [-0.2, 0) is 9.59 Å². The zero-order valence-electron chi connectivity index (χ0n) is 13.6. The summed E-state index contributed by atoms with van der Waals surface area (Å²) in [5.41, 5.74) is 1.75. The first-order valence-corrected chi connectivity index (χ1v) is 7.98. The second kappa shape index (κ2) is 7.17. The van der Waals surface area contributed by atoms with Gasteiger partial charge in [0.15, 0.2) is 0 Å². The smallest absolute Gasteiger partial charge is 0.231 e. The number of rotatable bonds is 5. The lowest BCUT2D eigenvalue weighted by Crippen LogP contribution is -2.34. The summed E-state index contributed by atoms with van der Waals surface area (Å²) in [5.74, 6) is 0.320. The van der Waals surface area contributed by atoms with Gasteiger partial charge in [0.05, 0.1) is 0 Å². The van der Waals surface area contributed by atoms with Gasteiger partial charge < -0.3 is 15.0 Å². The van der Waals surface area contributed by atoms with Crippen molar-refractivity contribution in [2.75, 3.05) is 25.1 Å². The molecule has 0 saturated carbocycles. The van der Waals surface area contributed by atoms with Crippen molar-refractivity contribution in [2.24, 2.45) is 0 Å². The van der Waals surface area contributed by atoms with E-state index in [-0.39, 0.29) is 24.2 Å².